The lowest BCUT2D eigenvalue weighted by atomic mass is 9.93. The molecule has 0 radical (unpaired) electrons. The third-order valence-electron chi connectivity index (χ3n) is 10.2. The van der Waals surface area contributed by atoms with E-state index in [9.17, 15) is 61.5 Å². The first-order chi connectivity index (χ1) is 31.9. The number of rotatable bonds is 11. The molecule has 6 aromatic rings. The quantitative estimate of drug-likeness (QED) is 0.0574. The van der Waals surface area contributed by atoms with Crippen molar-refractivity contribution in [3.63, 3.8) is 0 Å². The summed E-state index contributed by atoms with van der Waals surface area (Å²) in [5, 5.41) is 17.6. The number of carbonyl (C=O) groups is 2. The van der Waals surface area contributed by atoms with Gasteiger partial charge in [-0.05, 0) is 95.1 Å². The Morgan fingerprint density at radius 3 is 1.41 bits per heavy atom. The van der Waals surface area contributed by atoms with E-state index in [2.05, 4.69) is 31.3 Å². The van der Waals surface area contributed by atoms with Gasteiger partial charge in [0.2, 0.25) is 11.6 Å². The number of nitrogen functional groups attached to an aromatic ring is 2. The number of carbonyl (C=O) groups excluding carboxylic acids is 2. The van der Waals surface area contributed by atoms with Crippen molar-refractivity contribution in [3.8, 4) is 11.1 Å². The fraction of sp³-hybridized carbons (Fsp3) is 0. The maximum Gasteiger partial charge on any atom is 0.217 e. The number of hydrogen-bond donors (Lipinski definition) is 4. The number of hydrogen-bond acceptors (Lipinski definition) is 22. The second-order valence-corrected chi connectivity index (χ2v) is 20.0. The van der Waals surface area contributed by atoms with Gasteiger partial charge in [0.15, 0.2) is 0 Å². The van der Waals surface area contributed by atoms with Crippen molar-refractivity contribution in [1.29, 1.82) is 0 Å². The largest absolute Gasteiger partial charge is 0.744 e. The van der Waals surface area contributed by atoms with Gasteiger partial charge in [-0.25, -0.2) is 33.7 Å². The Labute approximate surface area is 385 Å². The molecule has 8 rings (SSSR count). The second-order valence-electron chi connectivity index (χ2n) is 14.6. The molecule has 26 heteroatoms. The molecule has 0 spiro atoms. The van der Waals surface area contributed by atoms with Crippen molar-refractivity contribution < 1.29 is 61.5 Å². The van der Waals surface area contributed by atoms with Crippen LogP contribution in [0.25, 0.3) is 34.1 Å². The van der Waals surface area contributed by atoms with Crippen LogP contribution in [-0.4, -0.2) is 74.9 Å². The Morgan fingerprint density at radius 2 is 0.941 bits per heavy atom. The number of Topliss-reactive ketones (excluding diaryl/α,β-unsaturated/α-hetero) is 2. The first-order valence-electron chi connectivity index (χ1n) is 18.9. The van der Waals surface area contributed by atoms with Gasteiger partial charge < -0.3 is 29.7 Å². The van der Waals surface area contributed by atoms with Crippen LogP contribution in [0.15, 0.2) is 149 Å². The molecule has 0 saturated heterocycles. The summed E-state index contributed by atoms with van der Waals surface area (Å²) in [5.74, 6) is -2.23. The number of nitrogens with zero attached hydrogens (tertiary/aromatic N) is 4. The number of hydrazone groups is 2. The minimum atomic E-state index is -5.38. The zero-order chi connectivity index (χ0) is 49.1. The maximum atomic E-state index is 13.5. The summed E-state index contributed by atoms with van der Waals surface area (Å²) in [6.45, 7) is 0. The van der Waals surface area contributed by atoms with E-state index < -0.39 is 94.4 Å². The second kappa shape index (κ2) is 17.1. The van der Waals surface area contributed by atoms with E-state index in [1.807, 2.05) is 0 Å². The van der Waals surface area contributed by atoms with E-state index >= 15 is 0 Å². The minimum Gasteiger partial charge on any atom is -0.744 e. The molecule has 22 nitrogen and oxygen atoms in total. The normalized spacial score (nSPS) is 15.6. The predicted molar refractivity (Wildman–Crippen MR) is 244 cm³/mol. The molecule has 0 heterocycles. The molecule has 0 atom stereocenters. The molecule has 2 aliphatic rings. The molecule has 2 aliphatic carbocycles. The van der Waals surface area contributed by atoms with E-state index in [1.54, 1.807) is 78.9 Å². The summed E-state index contributed by atoms with van der Waals surface area (Å²) < 4.78 is 143. The standard InChI is InChI=1S/C42H30N8O14S4/c43-31-19-27(65(53,54)55)15-23-17-35(67(59,60)61)39(41(51)37(23)31)49-46-26-11-7-22(8-12-26)21-5-9-25(10-6-21)45-47-33-13-14-34(30-4-2-1-3-29(30)33)48-50-40-36(68(62,63)64)18-24-16-28(66(56,57)58)20-32(44)38(24)42(40)52/h1-20,46,48H,43-44H2,(H,53,54,55)(H,56,57,58)(H,59,60,61)(H,62,63,64)/p-4. The molecule has 0 bridgehead atoms. The van der Waals surface area contributed by atoms with Crippen LogP contribution >= 0.6 is 0 Å². The number of benzene rings is 6. The highest BCUT2D eigenvalue weighted by Gasteiger charge is 2.33. The van der Waals surface area contributed by atoms with Crippen LogP contribution in [0.1, 0.15) is 31.8 Å². The van der Waals surface area contributed by atoms with E-state index in [-0.39, 0.29) is 33.6 Å². The molecule has 0 fully saturated rings. The molecular weight excluding hydrogens is 969 g/mol. The van der Waals surface area contributed by atoms with E-state index in [1.165, 1.54) is 6.07 Å². The summed E-state index contributed by atoms with van der Waals surface area (Å²) in [6.07, 6.45) is 1.43. The van der Waals surface area contributed by atoms with E-state index in [4.69, 9.17) is 11.5 Å². The number of nitrogens with one attached hydrogen (secondary N) is 2. The van der Waals surface area contributed by atoms with Gasteiger partial charge in [-0.3, -0.25) is 20.4 Å². The lowest BCUT2D eigenvalue weighted by Gasteiger charge is -2.22. The van der Waals surface area contributed by atoms with Crippen LogP contribution < -0.4 is 22.3 Å². The monoisotopic (exact) mass is 994 g/mol. The number of nitrogens with two attached hydrogens (primary N) is 2. The Bertz CT molecular complexity index is 3840. The summed E-state index contributed by atoms with van der Waals surface area (Å²) >= 11 is 0. The first kappa shape index (κ1) is 46.7. The molecule has 346 valence electrons. The lowest BCUT2D eigenvalue weighted by Crippen LogP contribution is -2.28. The summed E-state index contributed by atoms with van der Waals surface area (Å²) in [4.78, 5) is 23.0. The Balaban J connectivity index is 0.992. The highest BCUT2D eigenvalue weighted by Crippen LogP contribution is 2.36. The smallest absolute Gasteiger partial charge is 0.217 e. The molecule has 0 unspecified atom stereocenters. The van der Waals surface area contributed by atoms with Crippen LogP contribution in [0.3, 0.4) is 0 Å². The highest BCUT2D eigenvalue weighted by atomic mass is 32.2. The predicted octanol–water partition coefficient (Wildman–Crippen LogP) is 5.00. The van der Waals surface area contributed by atoms with Gasteiger partial charge in [0.25, 0.3) is 0 Å². The van der Waals surface area contributed by atoms with Gasteiger partial charge in [-0.2, -0.15) is 15.3 Å². The number of ketones is 2. The molecule has 0 aromatic heterocycles. The molecule has 6 N–H and O–H groups in total. The number of anilines is 4. The highest BCUT2D eigenvalue weighted by molar-refractivity contribution is 7.91. The van der Waals surface area contributed by atoms with Crippen LogP contribution in [0.4, 0.5) is 34.1 Å². The van der Waals surface area contributed by atoms with Crippen molar-refractivity contribution >= 4 is 121 Å². The van der Waals surface area contributed by atoms with Crippen LogP contribution in [-0.2, 0) is 40.5 Å². The zero-order valence-electron chi connectivity index (χ0n) is 33.8. The fourth-order valence-corrected chi connectivity index (χ4v) is 9.48. The van der Waals surface area contributed by atoms with Crippen molar-refractivity contribution in [2.24, 2.45) is 20.4 Å². The van der Waals surface area contributed by atoms with Gasteiger partial charge in [0.1, 0.15) is 51.9 Å². The van der Waals surface area contributed by atoms with Gasteiger partial charge in [0, 0.05) is 22.1 Å². The number of azo groups is 1. The first-order valence-corrected chi connectivity index (χ1v) is 24.6. The van der Waals surface area contributed by atoms with Crippen molar-refractivity contribution in [1.82, 2.24) is 0 Å². The molecule has 0 saturated carbocycles. The SMILES string of the molecule is Nc1cc(S(=O)(=O)[O-])cc2c1C(=O)C(=NNc1ccc(-c3ccc(N=Nc4ccc(NN=C5C(=O)c6c(N)cc(S(=O)(=O)[O-])cc6C=C5S(=O)(=O)[O-])c5ccccc45)cc3)cc1)C(S(=O)(=O)[O-])=C2. The molecule has 0 amide bonds. The maximum absolute atomic E-state index is 13.5. The van der Waals surface area contributed by atoms with Crippen LogP contribution in [0.5, 0.6) is 0 Å². The average molecular weight is 995 g/mol. The number of allylic oxidation sites excluding steroid dienone is 2. The van der Waals surface area contributed by atoms with Crippen molar-refractivity contribution in [3.05, 3.63) is 141 Å². The Morgan fingerprint density at radius 1 is 0.485 bits per heavy atom. The summed E-state index contributed by atoms with van der Waals surface area (Å²) in [6, 6.07) is 26.1. The average Bonchev–Trinajstić information content (AvgIpc) is 3.26. The van der Waals surface area contributed by atoms with Crippen molar-refractivity contribution in [2.45, 2.75) is 9.79 Å². The topological polar surface area (TPSA) is 388 Å². The van der Waals surface area contributed by atoms with Gasteiger partial charge in [0.05, 0.1) is 53.5 Å². The van der Waals surface area contributed by atoms with E-state index in [0.717, 1.165) is 29.8 Å². The van der Waals surface area contributed by atoms with Crippen molar-refractivity contribution in [2.75, 3.05) is 22.3 Å². The fourth-order valence-electron chi connectivity index (χ4n) is 7.11. The third-order valence-corrected chi connectivity index (χ3v) is 13.6. The van der Waals surface area contributed by atoms with Gasteiger partial charge in [-0.15, -0.1) is 5.11 Å². The summed E-state index contributed by atoms with van der Waals surface area (Å²) in [7, 11) is -20.8. The zero-order valence-corrected chi connectivity index (χ0v) is 37.1. The van der Waals surface area contributed by atoms with Gasteiger partial charge in [-0.1, -0.05) is 48.5 Å². The summed E-state index contributed by atoms with van der Waals surface area (Å²) in [5.41, 5.74) is 15.6. The minimum absolute atomic E-state index is 0.250. The molecule has 68 heavy (non-hydrogen) atoms. The third kappa shape index (κ3) is 9.28. The van der Waals surface area contributed by atoms with Crippen LogP contribution in [0, 0.1) is 0 Å². The molecule has 6 aromatic carbocycles. The van der Waals surface area contributed by atoms with Gasteiger partial charge >= 0.3 is 0 Å². The molecule has 0 aliphatic heterocycles. The van der Waals surface area contributed by atoms with E-state index in [0.29, 0.717) is 39.9 Å². The van der Waals surface area contributed by atoms with Crippen LogP contribution in [0.2, 0.25) is 0 Å². The molecular formula is C42H26N8O14S4-4. The Hall–Kier alpha value is -7.82. The lowest BCUT2D eigenvalue weighted by molar-refractivity contribution is 0.105. The Kier molecular flexibility index (Phi) is 11.8. The number of fused-ring (bicyclic) bond motifs is 3.